The summed E-state index contributed by atoms with van der Waals surface area (Å²) in [5, 5.41) is 5.34. The van der Waals surface area contributed by atoms with Crippen LogP contribution in [0.1, 0.15) is 51.3 Å². The van der Waals surface area contributed by atoms with Gasteiger partial charge in [-0.2, -0.15) is 0 Å². The molecule has 0 spiro atoms. The molecule has 0 unspecified atom stereocenters. The molecule has 1 aliphatic rings. The second-order valence-electron chi connectivity index (χ2n) is 6.72. The van der Waals surface area contributed by atoms with Gasteiger partial charge in [-0.1, -0.05) is 13.8 Å². The molecule has 4 amide bonds. The number of benzene rings is 1. The van der Waals surface area contributed by atoms with Crippen LogP contribution in [0.3, 0.4) is 0 Å². The molecular formula is C19H25N3O5. The van der Waals surface area contributed by atoms with Gasteiger partial charge in [-0.15, -0.1) is 0 Å². The van der Waals surface area contributed by atoms with Crippen LogP contribution in [0, 0.1) is 5.92 Å². The van der Waals surface area contributed by atoms with Crippen LogP contribution >= 0.6 is 0 Å². The number of carbonyl (C=O) groups excluding carboxylic acids is 4. The number of imide groups is 1. The number of hydrogen-bond donors (Lipinski definition) is 2. The number of methoxy groups -OCH3 is 1. The van der Waals surface area contributed by atoms with Gasteiger partial charge in [0.1, 0.15) is 0 Å². The monoisotopic (exact) mass is 375 g/mol. The number of hydrogen-bond acceptors (Lipinski definition) is 5. The Labute approximate surface area is 158 Å². The Bertz CT molecular complexity index is 745. The van der Waals surface area contributed by atoms with E-state index in [0.717, 1.165) is 0 Å². The highest BCUT2D eigenvalue weighted by Gasteiger charge is 2.36. The van der Waals surface area contributed by atoms with Gasteiger partial charge in [-0.25, -0.2) is 0 Å². The third-order valence-corrected chi connectivity index (χ3v) is 4.05. The van der Waals surface area contributed by atoms with Crippen molar-refractivity contribution < 1.29 is 23.9 Å². The lowest BCUT2D eigenvalue weighted by molar-refractivity contribution is -0.121. The van der Waals surface area contributed by atoms with Gasteiger partial charge in [0, 0.05) is 38.7 Å². The smallest absolute Gasteiger partial charge is 0.261 e. The molecule has 27 heavy (non-hydrogen) atoms. The van der Waals surface area contributed by atoms with Crippen LogP contribution in [0.4, 0.5) is 0 Å². The van der Waals surface area contributed by atoms with Crippen LogP contribution in [0.15, 0.2) is 18.2 Å². The van der Waals surface area contributed by atoms with E-state index >= 15 is 0 Å². The van der Waals surface area contributed by atoms with Crippen molar-refractivity contribution in [2.45, 2.75) is 20.3 Å². The maximum absolute atomic E-state index is 12.5. The minimum Gasteiger partial charge on any atom is -0.384 e. The zero-order valence-electron chi connectivity index (χ0n) is 15.8. The quantitative estimate of drug-likeness (QED) is 0.491. The maximum Gasteiger partial charge on any atom is 0.261 e. The molecule has 2 rings (SSSR count). The molecule has 8 heteroatoms. The molecule has 0 atom stereocenters. The van der Waals surface area contributed by atoms with Crippen molar-refractivity contribution >= 4 is 23.6 Å². The van der Waals surface area contributed by atoms with Gasteiger partial charge in [-0.3, -0.25) is 24.1 Å². The Hall–Kier alpha value is -2.74. The Kier molecular flexibility index (Phi) is 7.06. The van der Waals surface area contributed by atoms with Gasteiger partial charge in [-0.05, 0) is 24.1 Å². The molecule has 0 saturated carbocycles. The van der Waals surface area contributed by atoms with Crippen molar-refractivity contribution in [2.24, 2.45) is 5.92 Å². The SMILES string of the molecule is COCCC(=O)NCCNC(=O)c1ccc2c(c1)C(=O)N(CC(C)C)C2=O. The van der Waals surface area contributed by atoms with Crippen LogP contribution in [0.2, 0.25) is 0 Å². The Morgan fingerprint density at radius 2 is 1.74 bits per heavy atom. The first-order valence-electron chi connectivity index (χ1n) is 8.89. The zero-order valence-corrected chi connectivity index (χ0v) is 15.8. The number of nitrogens with one attached hydrogen (secondary N) is 2. The van der Waals surface area contributed by atoms with Gasteiger partial charge in [0.2, 0.25) is 5.91 Å². The molecule has 146 valence electrons. The third kappa shape index (κ3) is 5.13. The molecule has 0 aromatic heterocycles. The number of carbonyl (C=O) groups is 4. The average molecular weight is 375 g/mol. The molecular weight excluding hydrogens is 350 g/mol. The first kappa shape index (κ1) is 20.6. The fourth-order valence-corrected chi connectivity index (χ4v) is 2.73. The minimum atomic E-state index is -0.372. The summed E-state index contributed by atoms with van der Waals surface area (Å²) >= 11 is 0. The largest absolute Gasteiger partial charge is 0.384 e. The van der Waals surface area contributed by atoms with E-state index in [1.54, 1.807) is 0 Å². The number of ether oxygens (including phenoxy) is 1. The normalized spacial score (nSPS) is 13.1. The van der Waals surface area contributed by atoms with E-state index in [2.05, 4.69) is 10.6 Å². The number of fused-ring (bicyclic) bond motifs is 1. The van der Waals surface area contributed by atoms with Gasteiger partial charge in [0.05, 0.1) is 17.7 Å². The van der Waals surface area contributed by atoms with Crippen molar-refractivity contribution in [3.63, 3.8) is 0 Å². The van der Waals surface area contributed by atoms with Crippen LogP contribution in [0.25, 0.3) is 0 Å². The summed E-state index contributed by atoms with van der Waals surface area (Å²) in [6, 6.07) is 4.48. The summed E-state index contributed by atoms with van der Waals surface area (Å²) in [7, 11) is 1.52. The molecule has 0 aliphatic carbocycles. The predicted molar refractivity (Wildman–Crippen MR) is 98.5 cm³/mol. The molecule has 0 saturated heterocycles. The molecule has 1 aromatic carbocycles. The van der Waals surface area contributed by atoms with Gasteiger partial charge in [0.15, 0.2) is 0 Å². The van der Waals surface area contributed by atoms with E-state index in [4.69, 9.17) is 4.74 Å². The minimum absolute atomic E-state index is 0.155. The molecule has 1 heterocycles. The summed E-state index contributed by atoms with van der Waals surface area (Å²) in [4.78, 5) is 49.7. The summed E-state index contributed by atoms with van der Waals surface area (Å²) < 4.78 is 4.81. The highest BCUT2D eigenvalue weighted by molar-refractivity contribution is 6.22. The molecule has 1 aromatic rings. The lowest BCUT2D eigenvalue weighted by Gasteiger charge is -2.15. The van der Waals surface area contributed by atoms with Gasteiger partial charge in [0.25, 0.3) is 17.7 Å². The Balaban J connectivity index is 1.93. The lowest BCUT2D eigenvalue weighted by atomic mass is 10.1. The Morgan fingerprint density at radius 1 is 1.07 bits per heavy atom. The summed E-state index contributed by atoms with van der Waals surface area (Å²) in [6.45, 7) is 5.08. The zero-order chi connectivity index (χ0) is 20.0. The molecule has 1 aliphatic heterocycles. The first-order chi connectivity index (χ1) is 12.8. The maximum atomic E-state index is 12.5. The topological polar surface area (TPSA) is 105 Å². The van der Waals surface area contributed by atoms with Crippen molar-refractivity contribution in [1.29, 1.82) is 0 Å². The molecule has 8 nitrogen and oxygen atoms in total. The predicted octanol–water partition coefficient (Wildman–Crippen LogP) is 0.821. The van der Waals surface area contributed by atoms with E-state index in [1.807, 2.05) is 13.8 Å². The average Bonchev–Trinajstić information content (AvgIpc) is 2.87. The molecule has 0 bridgehead atoms. The van der Waals surface area contributed by atoms with Crippen molar-refractivity contribution in [1.82, 2.24) is 15.5 Å². The van der Waals surface area contributed by atoms with E-state index < -0.39 is 0 Å². The summed E-state index contributed by atoms with van der Waals surface area (Å²) in [5.41, 5.74) is 0.871. The second-order valence-corrected chi connectivity index (χ2v) is 6.72. The van der Waals surface area contributed by atoms with E-state index in [9.17, 15) is 19.2 Å². The van der Waals surface area contributed by atoms with Crippen molar-refractivity contribution in [3.8, 4) is 0 Å². The molecule has 0 radical (unpaired) electrons. The molecule has 0 fully saturated rings. The number of nitrogens with zero attached hydrogens (tertiary/aromatic N) is 1. The van der Waals surface area contributed by atoms with Gasteiger partial charge >= 0.3 is 0 Å². The highest BCUT2D eigenvalue weighted by Crippen LogP contribution is 2.24. The number of rotatable bonds is 9. The summed E-state index contributed by atoms with van der Waals surface area (Å²) in [5.74, 6) is -1.06. The highest BCUT2D eigenvalue weighted by atomic mass is 16.5. The Morgan fingerprint density at radius 3 is 2.41 bits per heavy atom. The lowest BCUT2D eigenvalue weighted by Crippen LogP contribution is -2.35. The van der Waals surface area contributed by atoms with E-state index in [0.29, 0.717) is 30.8 Å². The van der Waals surface area contributed by atoms with E-state index in [-0.39, 0.29) is 48.1 Å². The molecule has 2 N–H and O–H groups in total. The second kappa shape index (κ2) is 9.27. The van der Waals surface area contributed by atoms with Crippen molar-refractivity contribution in [3.05, 3.63) is 34.9 Å². The van der Waals surface area contributed by atoms with E-state index in [1.165, 1.54) is 30.2 Å². The third-order valence-electron chi connectivity index (χ3n) is 4.05. The van der Waals surface area contributed by atoms with Crippen LogP contribution in [0.5, 0.6) is 0 Å². The van der Waals surface area contributed by atoms with Crippen molar-refractivity contribution in [2.75, 3.05) is 33.4 Å². The summed E-state index contributed by atoms with van der Waals surface area (Å²) in [6.07, 6.45) is 0.262. The fraction of sp³-hybridized carbons (Fsp3) is 0.474. The van der Waals surface area contributed by atoms with Crippen LogP contribution in [-0.2, 0) is 9.53 Å². The number of amides is 4. The van der Waals surface area contributed by atoms with Crippen LogP contribution < -0.4 is 10.6 Å². The van der Waals surface area contributed by atoms with Gasteiger partial charge < -0.3 is 15.4 Å². The first-order valence-corrected chi connectivity index (χ1v) is 8.89. The van der Waals surface area contributed by atoms with Crippen LogP contribution in [-0.4, -0.2) is 61.9 Å². The fourth-order valence-electron chi connectivity index (χ4n) is 2.73. The standard InChI is InChI=1S/C19H25N3O5/c1-12(2)11-22-18(25)14-5-4-13(10-15(14)19(22)26)17(24)21-8-7-20-16(23)6-9-27-3/h4-5,10,12H,6-9,11H2,1-3H3,(H,20,23)(H,21,24).